The SMILES string of the molecule is CC1=c2ccc(C(=O)O)cc2=C(c2ccccc2F)NC1. The number of fused-ring (bicyclic) bond motifs is 1. The third-order valence-electron chi connectivity index (χ3n) is 3.67. The average Bonchev–Trinajstić information content (AvgIpc) is 2.48. The number of carboxylic acid groups (broad SMARTS) is 1. The van der Waals surface area contributed by atoms with Crippen molar-refractivity contribution < 1.29 is 14.3 Å². The van der Waals surface area contributed by atoms with Gasteiger partial charge in [-0.05, 0) is 42.0 Å². The second-order valence-corrected chi connectivity index (χ2v) is 5.05. The highest BCUT2D eigenvalue weighted by molar-refractivity contribution is 5.88. The zero-order valence-electron chi connectivity index (χ0n) is 11.5. The Morgan fingerprint density at radius 3 is 2.67 bits per heavy atom. The molecule has 1 heterocycles. The van der Waals surface area contributed by atoms with Gasteiger partial charge in [0.25, 0.3) is 0 Å². The summed E-state index contributed by atoms with van der Waals surface area (Å²) in [5.41, 5.74) is 2.38. The summed E-state index contributed by atoms with van der Waals surface area (Å²) in [6, 6.07) is 11.4. The van der Waals surface area contributed by atoms with Gasteiger partial charge in [-0.1, -0.05) is 18.2 Å². The number of rotatable bonds is 2. The maximum atomic E-state index is 14.0. The topological polar surface area (TPSA) is 49.3 Å². The fraction of sp³-hybridized carbons (Fsp3) is 0.118. The Bertz CT molecular complexity index is 855. The minimum Gasteiger partial charge on any atom is -0.478 e. The van der Waals surface area contributed by atoms with Gasteiger partial charge in [0.05, 0.1) is 11.3 Å². The summed E-state index contributed by atoms with van der Waals surface area (Å²) in [7, 11) is 0. The molecule has 0 saturated carbocycles. The molecule has 1 aliphatic rings. The van der Waals surface area contributed by atoms with Gasteiger partial charge in [0.1, 0.15) is 5.82 Å². The maximum absolute atomic E-state index is 14.0. The van der Waals surface area contributed by atoms with Crippen molar-refractivity contribution >= 4 is 17.2 Å². The molecule has 0 spiro atoms. The van der Waals surface area contributed by atoms with Crippen molar-refractivity contribution in [3.63, 3.8) is 0 Å². The highest BCUT2D eigenvalue weighted by Crippen LogP contribution is 2.14. The van der Waals surface area contributed by atoms with Crippen LogP contribution in [0.3, 0.4) is 0 Å². The lowest BCUT2D eigenvalue weighted by Crippen LogP contribution is -2.41. The van der Waals surface area contributed by atoms with Crippen molar-refractivity contribution in [3.05, 3.63) is 69.8 Å². The highest BCUT2D eigenvalue weighted by Gasteiger charge is 2.14. The lowest BCUT2D eigenvalue weighted by molar-refractivity contribution is 0.0696. The third-order valence-corrected chi connectivity index (χ3v) is 3.67. The second kappa shape index (κ2) is 5.05. The predicted octanol–water partition coefficient (Wildman–Crippen LogP) is 1.45. The average molecular weight is 283 g/mol. The van der Waals surface area contributed by atoms with Crippen molar-refractivity contribution in [1.82, 2.24) is 5.32 Å². The van der Waals surface area contributed by atoms with Gasteiger partial charge in [-0.2, -0.15) is 0 Å². The minimum absolute atomic E-state index is 0.194. The molecule has 0 atom stereocenters. The van der Waals surface area contributed by atoms with Crippen molar-refractivity contribution in [2.24, 2.45) is 0 Å². The van der Waals surface area contributed by atoms with E-state index in [1.54, 1.807) is 36.4 Å². The Balaban J connectivity index is 2.41. The maximum Gasteiger partial charge on any atom is 0.335 e. The molecule has 0 fully saturated rings. The second-order valence-electron chi connectivity index (χ2n) is 5.05. The highest BCUT2D eigenvalue weighted by atomic mass is 19.1. The van der Waals surface area contributed by atoms with Crippen LogP contribution in [0.2, 0.25) is 0 Å². The van der Waals surface area contributed by atoms with E-state index in [9.17, 15) is 9.18 Å². The molecule has 3 rings (SSSR count). The zero-order valence-corrected chi connectivity index (χ0v) is 11.5. The van der Waals surface area contributed by atoms with Crippen LogP contribution >= 0.6 is 0 Å². The van der Waals surface area contributed by atoms with Gasteiger partial charge >= 0.3 is 5.97 Å². The lowest BCUT2D eigenvalue weighted by Gasteiger charge is -2.18. The van der Waals surface area contributed by atoms with Crippen molar-refractivity contribution in [2.45, 2.75) is 6.92 Å². The molecule has 0 unspecified atom stereocenters. The van der Waals surface area contributed by atoms with E-state index in [-0.39, 0.29) is 11.4 Å². The van der Waals surface area contributed by atoms with Gasteiger partial charge < -0.3 is 10.4 Å². The van der Waals surface area contributed by atoms with E-state index in [1.165, 1.54) is 6.07 Å². The molecule has 3 nitrogen and oxygen atoms in total. The number of aromatic carboxylic acids is 1. The first-order valence-electron chi connectivity index (χ1n) is 6.64. The zero-order chi connectivity index (χ0) is 15.0. The smallest absolute Gasteiger partial charge is 0.335 e. The Morgan fingerprint density at radius 2 is 1.95 bits per heavy atom. The minimum atomic E-state index is -0.992. The number of halogens is 1. The molecule has 4 heteroatoms. The van der Waals surface area contributed by atoms with Crippen LogP contribution < -0.4 is 15.8 Å². The third kappa shape index (κ3) is 2.29. The van der Waals surface area contributed by atoms with Crippen LogP contribution in [-0.4, -0.2) is 17.6 Å². The predicted molar refractivity (Wildman–Crippen MR) is 78.6 cm³/mol. The molecule has 2 aromatic rings. The van der Waals surface area contributed by atoms with Crippen molar-refractivity contribution in [2.75, 3.05) is 6.54 Å². The number of carboxylic acids is 1. The van der Waals surface area contributed by atoms with E-state index >= 15 is 0 Å². The van der Waals surface area contributed by atoms with E-state index in [1.807, 2.05) is 6.92 Å². The Morgan fingerprint density at radius 1 is 1.19 bits per heavy atom. The summed E-state index contributed by atoms with van der Waals surface area (Å²) in [5.74, 6) is -1.32. The van der Waals surface area contributed by atoms with E-state index < -0.39 is 5.97 Å². The molecule has 2 N–H and O–H groups in total. The fourth-order valence-electron chi connectivity index (χ4n) is 2.57. The van der Waals surface area contributed by atoms with Crippen LogP contribution in [0, 0.1) is 5.82 Å². The van der Waals surface area contributed by atoms with E-state index in [0.717, 1.165) is 16.0 Å². The molecule has 0 bridgehead atoms. The molecule has 0 amide bonds. The van der Waals surface area contributed by atoms with Crippen molar-refractivity contribution in [3.8, 4) is 0 Å². The molecule has 106 valence electrons. The van der Waals surface area contributed by atoms with Crippen LogP contribution in [0.1, 0.15) is 22.8 Å². The fourth-order valence-corrected chi connectivity index (χ4v) is 2.57. The van der Waals surface area contributed by atoms with Gasteiger partial charge in [0.2, 0.25) is 0 Å². The molecule has 0 radical (unpaired) electrons. The standard InChI is InChI=1S/C17H14FNO2/c1-10-9-19-16(13-4-2-3-5-15(13)18)14-8-11(17(20)21)6-7-12(10)14/h2-8,19H,9H2,1H3,(H,20,21). The van der Waals surface area contributed by atoms with Crippen LogP contribution in [0.25, 0.3) is 11.3 Å². The normalized spacial score (nSPS) is 13.6. The number of nitrogens with one attached hydrogen (secondary N) is 1. The first-order chi connectivity index (χ1) is 10.1. The molecule has 0 saturated heterocycles. The Labute approximate surface area is 121 Å². The quantitative estimate of drug-likeness (QED) is 0.877. The summed E-state index contributed by atoms with van der Waals surface area (Å²) in [6.07, 6.45) is 0. The van der Waals surface area contributed by atoms with E-state index in [4.69, 9.17) is 5.11 Å². The molecule has 1 aliphatic heterocycles. The first kappa shape index (κ1) is 13.4. The van der Waals surface area contributed by atoms with Crippen LogP contribution in [-0.2, 0) is 0 Å². The number of hydrogen-bond donors (Lipinski definition) is 2. The van der Waals surface area contributed by atoms with Gasteiger partial charge in [-0.15, -0.1) is 0 Å². The molecule has 0 aromatic heterocycles. The summed E-state index contributed by atoms with van der Waals surface area (Å²) < 4.78 is 14.0. The number of carbonyl (C=O) groups is 1. The van der Waals surface area contributed by atoms with E-state index in [0.29, 0.717) is 17.8 Å². The molecule has 21 heavy (non-hydrogen) atoms. The molecular weight excluding hydrogens is 269 g/mol. The summed E-state index contributed by atoms with van der Waals surface area (Å²) in [5, 5.41) is 14.0. The van der Waals surface area contributed by atoms with Crippen LogP contribution in [0.15, 0.2) is 42.5 Å². The van der Waals surface area contributed by atoms with Gasteiger partial charge in [-0.3, -0.25) is 0 Å². The Kier molecular flexibility index (Phi) is 3.22. The molecular formula is C17H14FNO2. The first-order valence-corrected chi connectivity index (χ1v) is 6.64. The summed E-state index contributed by atoms with van der Waals surface area (Å²) in [4.78, 5) is 11.2. The number of benzene rings is 2. The Hall–Kier alpha value is -2.62. The van der Waals surface area contributed by atoms with Gasteiger partial charge in [0.15, 0.2) is 0 Å². The van der Waals surface area contributed by atoms with Crippen LogP contribution in [0.4, 0.5) is 4.39 Å². The number of hydrogen-bond acceptors (Lipinski definition) is 2. The monoisotopic (exact) mass is 283 g/mol. The largest absolute Gasteiger partial charge is 0.478 e. The van der Waals surface area contributed by atoms with Gasteiger partial charge in [-0.25, -0.2) is 9.18 Å². The van der Waals surface area contributed by atoms with Crippen LogP contribution in [0.5, 0.6) is 0 Å². The summed E-state index contributed by atoms with van der Waals surface area (Å²) in [6.45, 7) is 2.59. The van der Waals surface area contributed by atoms with Gasteiger partial charge in [0, 0.05) is 17.3 Å². The van der Waals surface area contributed by atoms with Crippen molar-refractivity contribution in [1.29, 1.82) is 0 Å². The summed E-state index contributed by atoms with van der Waals surface area (Å²) >= 11 is 0. The lowest BCUT2D eigenvalue weighted by atomic mass is 10.00. The van der Waals surface area contributed by atoms with E-state index in [2.05, 4.69) is 5.32 Å². The molecule has 2 aromatic carbocycles. The molecule has 0 aliphatic carbocycles.